The fraction of sp³-hybridized carbons (Fsp3) is 0.636. The SMILES string of the molecule is CCC(CC)Nc1cc(NC)nc(C)n1. The summed E-state index contributed by atoms with van der Waals surface area (Å²) in [6.45, 7) is 6.25. The minimum atomic E-state index is 0.490. The molecule has 1 rings (SSSR count). The Morgan fingerprint density at radius 1 is 1.20 bits per heavy atom. The number of aryl methyl sites for hydroxylation is 1. The van der Waals surface area contributed by atoms with Crippen LogP contribution in [0.2, 0.25) is 0 Å². The Hall–Kier alpha value is -1.32. The van der Waals surface area contributed by atoms with Crippen LogP contribution >= 0.6 is 0 Å². The Kier molecular flexibility index (Phi) is 4.34. The zero-order valence-corrected chi connectivity index (χ0v) is 9.96. The third-order valence-electron chi connectivity index (χ3n) is 2.43. The van der Waals surface area contributed by atoms with Crippen molar-refractivity contribution in [2.75, 3.05) is 17.7 Å². The number of hydrogen-bond donors (Lipinski definition) is 2. The maximum atomic E-state index is 4.36. The van der Waals surface area contributed by atoms with Crippen molar-refractivity contribution in [3.63, 3.8) is 0 Å². The van der Waals surface area contributed by atoms with Gasteiger partial charge in [0.2, 0.25) is 0 Å². The summed E-state index contributed by atoms with van der Waals surface area (Å²) in [5.74, 6) is 2.55. The Morgan fingerprint density at radius 3 is 2.33 bits per heavy atom. The highest BCUT2D eigenvalue weighted by Gasteiger charge is 2.05. The van der Waals surface area contributed by atoms with Gasteiger partial charge in [0.1, 0.15) is 17.5 Å². The van der Waals surface area contributed by atoms with Gasteiger partial charge in [-0.1, -0.05) is 13.8 Å². The third kappa shape index (κ3) is 3.38. The van der Waals surface area contributed by atoms with Gasteiger partial charge in [-0.15, -0.1) is 0 Å². The summed E-state index contributed by atoms with van der Waals surface area (Å²) in [5.41, 5.74) is 0. The van der Waals surface area contributed by atoms with Gasteiger partial charge in [0.25, 0.3) is 0 Å². The van der Waals surface area contributed by atoms with E-state index in [4.69, 9.17) is 0 Å². The van der Waals surface area contributed by atoms with Gasteiger partial charge < -0.3 is 10.6 Å². The molecular formula is C11H20N4. The Balaban J connectivity index is 2.79. The fourth-order valence-electron chi connectivity index (χ4n) is 1.47. The number of hydrogen-bond acceptors (Lipinski definition) is 4. The van der Waals surface area contributed by atoms with Crippen LogP contribution in [0.4, 0.5) is 11.6 Å². The molecule has 0 saturated carbocycles. The van der Waals surface area contributed by atoms with Crippen LogP contribution in [-0.2, 0) is 0 Å². The lowest BCUT2D eigenvalue weighted by molar-refractivity contribution is 0.667. The van der Waals surface area contributed by atoms with Crippen LogP contribution in [0, 0.1) is 6.92 Å². The van der Waals surface area contributed by atoms with Crippen LogP contribution in [0.3, 0.4) is 0 Å². The van der Waals surface area contributed by atoms with E-state index in [0.29, 0.717) is 6.04 Å². The molecule has 0 bridgehead atoms. The molecule has 0 saturated heterocycles. The molecule has 0 aliphatic rings. The highest BCUT2D eigenvalue weighted by Crippen LogP contribution is 2.13. The third-order valence-corrected chi connectivity index (χ3v) is 2.43. The van der Waals surface area contributed by atoms with E-state index < -0.39 is 0 Å². The summed E-state index contributed by atoms with van der Waals surface area (Å²) in [5, 5.41) is 6.43. The van der Waals surface area contributed by atoms with Gasteiger partial charge in [0, 0.05) is 19.2 Å². The molecule has 0 unspecified atom stereocenters. The first-order chi connectivity index (χ1) is 7.19. The predicted molar refractivity (Wildman–Crippen MR) is 64.3 cm³/mol. The van der Waals surface area contributed by atoms with Crippen molar-refractivity contribution in [1.29, 1.82) is 0 Å². The average Bonchev–Trinajstić information content (AvgIpc) is 2.25. The van der Waals surface area contributed by atoms with Crippen molar-refractivity contribution >= 4 is 11.6 Å². The van der Waals surface area contributed by atoms with E-state index >= 15 is 0 Å². The van der Waals surface area contributed by atoms with Gasteiger partial charge in [-0.05, 0) is 19.8 Å². The van der Waals surface area contributed by atoms with E-state index in [1.807, 2.05) is 20.0 Å². The second kappa shape index (κ2) is 5.53. The normalized spacial score (nSPS) is 10.5. The van der Waals surface area contributed by atoms with Crippen molar-refractivity contribution < 1.29 is 0 Å². The molecule has 0 aliphatic heterocycles. The molecule has 1 aromatic heterocycles. The molecule has 2 N–H and O–H groups in total. The minimum absolute atomic E-state index is 0.490. The first-order valence-electron chi connectivity index (χ1n) is 5.49. The van der Waals surface area contributed by atoms with E-state index in [9.17, 15) is 0 Å². The lowest BCUT2D eigenvalue weighted by atomic mass is 10.2. The average molecular weight is 208 g/mol. The van der Waals surface area contributed by atoms with Crippen molar-refractivity contribution in [3.8, 4) is 0 Å². The van der Waals surface area contributed by atoms with E-state index in [1.165, 1.54) is 0 Å². The lowest BCUT2D eigenvalue weighted by Crippen LogP contribution is -2.18. The van der Waals surface area contributed by atoms with Crippen molar-refractivity contribution in [3.05, 3.63) is 11.9 Å². The number of nitrogens with one attached hydrogen (secondary N) is 2. The van der Waals surface area contributed by atoms with Crippen LogP contribution in [-0.4, -0.2) is 23.1 Å². The molecule has 1 heterocycles. The molecule has 4 heteroatoms. The highest BCUT2D eigenvalue weighted by molar-refractivity contribution is 5.47. The molecule has 0 aliphatic carbocycles. The molecule has 0 radical (unpaired) electrons. The molecular weight excluding hydrogens is 188 g/mol. The van der Waals surface area contributed by atoms with E-state index in [1.54, 1.807) is 0 Å². The van der Waals surface area contributed by atoms with Crippen LogP contribution in [0.1, 0.15) is 32.5 Å². The number of nitrogens with zero attached hydrogens (tertiary/aromatic N) is 2. The maximum Gasteiger partial charge on any atom is 0.132 e. The second-order valence-corrected chi connectivity index (χ2v) is 3.59. The van der Waals surface area contributed by atoms with Gasteiger partial charge in [-0.3, -0.25) is 0 Å². The van der Waals surface area contributed by atoms with E-state index in [-0.39, 0.29) is 0 Å². The van der Waals surface area contributed by atoms with Gasteiger partial charge in [0.15, 0.2) is 0 Å². The van der Waals surface area contributed by atoms with Gasteiger partial charge in [0.05, 0.1) is 0 Å². The first-order valence-corrected chi connectivity index (χ1v) is 5.49. The quantitative estimate of drug-likeness (QED) is 0.780. The number of rotatable bonds is 5. The monoisotopic (exact) mass is 208 g/mol. The van der Waals surface area contributed by atoms with Gasteiger partial charge in [-0.2, -0.15) is 0 Å². The lowest BCUT2D eigenvalue weighted by Gasteiger charge is -2.16. The molecule has 0 atom stereocenters. The molecule has 0 aromatic carbocycles. The van der Waals surface area contributed by atoms with Crippen molar-refractivity contribution in [2.45, 2.75) is 39.7 Å². The molecule has 15 heavy (non-hydrogen) atoms. The Labute approximate surface area is 91.5 Å². The van der Waals surface area contributed by atoms with E-state index in [0.717, 1.165) is 30.3 Å². The summed E-state index contributed by atoms with van der Waals surface area (Å²) in [7, 11) is 1.86. The van der Waals surface area contributed by atoms with Gasteiger partial charge >= 0.3 is 0 Å². The predicted octanol–water partition coefficient (Wildman–Crippen LogP) is 2.43. The zero-order chi connectivity index (χ0) is 11.3. The van der Waals surface area contributed by atoms with Crippen molar-refractivity contribution in [1.82, 2.24) is 9.97 Å². The summed E-state index contributed by atoms with van der Waals surface area (Å²) < 4.78 is 0. The summed E-state index contributed by atoms with van der Waals surface area (Å²) in [6, 6.07) is 2.43. The van der Waals surface area contributed by atoms with Gasteiger partial charge in [-0.25, -0.2) is 9.97 Å². The van der Waals surface area contributed by atoms with Crippen LogP contribution in [0.15, 0.2) is 6.07 Å². The Bertz CT molecular complexity index is 307. The molecule has 0 fully saturated rings. The molecule has 84 valence electrons. The molecule has 1 aromatic rings. The molecule has 0 spiro atoms. The largest absolute Gasteiger partial charge is 0.373 e. The highest BCUT2D eigenvalue weighted by atomic mass is 15.1. The standard InChI is InChI=1S/C11H20N4/c1-5-9(6-2)15-11-7-10(12-4)13-8(3)14-11/h7,9H,5-6H2,1-4H3,(H2,12,13,14,15). The van der Waals surface area contributed by atoms with E-state index in [2.05, 4.69) is 34.4 Å². The van der Waals surface area contributed by atoms with Crippen LogP contribution in [0.25, 0.3) is 0 Å². The maximum absolute atomic E-state index is 4.36. The Morgan fingerprint density at radius 2 is 1.80 bits per heavy atom. The summed E-state index contributed by atoms with van der Waals surface area (Å²) in [4.78, 5) is 8.60. The summed E-state index contributed by atoms with van der Waals surface area (Å²) in [6.07, 6.45) is 2.21. The topological polar surface area (TPSA) is 49.8 Å². The summed E-state index contributed by atoms with van der Waals surface area (Å²) >= 11 is 0. The second-order valence-electron chi connectivity index (χ2n) is 3.59. The van der Waals surface area contributed by atoms with Crippen LogP contribution < -0.4 is 10.6 Å². The molecule has 4 nitrogen and oxygen atoms in total. The molecule has 0 amide bonds. The first kappa shape index (κ1) is 11.8. The number of aromatic nitrogens is 2. The van der Waals surface area contributed by atoms with Crippen LogP contribution in [0.5, 0.6) is 0 Å². The fourth-order valence-corrected chi connectivity index (χ4v) is 1.47. The minimum Gasteiger partial charge on any atom is -0.373 e. The number of anilines is 2. The zero-order valence-electron chi connectivity index (χ0n) is 9.96. The van der Waals surface area contributed by atoms with Crippen molar-refractivity contribution in [2.24, 2.45) is 0 Å². The smallest absolute Gasteiger partial charge is 0.132 e.